The zero-order valence-corrected chi connectivity index (χ0v) is 7.80. The second kappa shape index (κ2) is 2.71. The highest BCUT2D eigenvalue weighted by Crippen LogP contribution is 1.73. The first kappa shape index (κ1) is 8.93. The number of hydrogen-bond donors (Lipinski definition) is 0. The van der Waals surface area contributed by atoms with Gasteiger partial charge in [-0.1, -0.05) is 0 Å². The van der Waals surface area contributed by atoms with E-state index in [0.29, 0.717) is 0 Å². The van der Waals surface area contributed by atoms with E-state index < -0.39 is 17.1 Å². The fourth-order valence-corrected chi connectivity index (χ4v) is 1.14. The summed E-state index contributed by atoms with van der Waals surface area (Å²) in [5, 5.41) is 0. The van der Waals surface area contributed by atoms with Gasteiger partial charge in [0.1, 0.15) is 0 Å². The van der Waals surface area contributed by atoms with Crippen LogP contribution in [0.2, 0.25) is 0 Å². The van der Waals surface area contributed by atoms with Gasteiger partial charge in [0.15, 0.2) is 0 Å². The summed E-state index contributed by atoms with van der Waals surface area (Å²) in [7, 11) is 4.57. The van der Waals surface area contributed by atoms with Crippen LogP contribution in [0.15, 0.2) is 14.4 Å². The minimum atomic E-state index is -0.645. The van der Waals surface area contributed by atoms with Gasteiger partial charge in [-0.2, -0.15) is 0 Å². The molecule has 1 aromatic rings. The molecule has 0 fully saturated rings. The molecule has 1 heterocycles. The minimum absolute atomic E-state index is 0.622. The Morgan fingerprint density at radius 2 is 1.25 bits per heavy atom. The summed E-state index contributed by atoms with van der Waals surface area (Å²) in [6, 6.07) is 0. The Balaban J connectivity index is 4.00. The van der Waals surface area contributed by atoms with Crippen LogP contribution in [-0.2, 0) is 14.1 Å². The zero-order chi connectivity index (χ0) is 9.46. The Labute approximate surface area is 69.3 Å². The molecule has 0 aliphatic heterocycles. The maximum atomic E-state index is 11.1. The van der Waals surface area contributed by atoms with E-state index in [9.17, 15) is 14.4 Å². The molecule has 0 saturated heterocycles. The van der Waals surface area contributed by atoms with Crippen LogP contribution in [0.1, 0.15) is 0 Å². The van der Waals surface area contributed by atoms with E-state index in [1.54, 1.807) is 0 Å². The van der Waals surface area contributed by atoms with Crippen LogP contribution >= 0.6 is 9.39 Å². The predicted molar refractivity (Wildman–Crippen MR) is 46.3 cm³/mol. The number of rotatable bonds is 0. The summed E-state index contributed by atoms with van der Waals surface area (Å²) in [4.78, 5) is 33.2. The van der Waals surface area contributed by atoms with Gasteiger partial charge >= 0.3 is 17.1 Å². The lowest BCUT2D eigenvalue weighted by molar-refractivity contribution is 0.605. The summed E-state index contributed by atoms with van der Waals surface area (Å²) in [5.41, 5.74) is -1.91. The highest BCUT2D eigenvalue weighted by Gasteiger charge is 2.05. The lowest BCUT2D eigenvalue weighted by atomic mass is 10.9. The third kappa shape index (κ3) is 1.04. The molecule has 1 rings (SSSR count). The predicted octanol–water partition coefficient (Wildman–Crippen LogP) is -2.12. The van der Waals surface area contributed by atoms with Gasteiger partial charge < -0.3 is 0 Å². The van der Waals surface area contributed by atoms with Gasteiger partial charge in [-0.05, 0) is 9.39 Å². The molecule has 0 radical (unpaired) electrons. The molecule has 1 aromatic heterocycles. The molecule has 12 heavy (non-hydrogen) atoms. The highest BCUT2D eigenvalue weighted by molar-refractivity contribution is 7.14. The van der Waals surface area contributed by atoms with Gasteiger partial charge in [0.25, 0.3) is 0 Å². The lowest BCUT2D eigenvalue weighted by Gasteiger charge is -2.02. The smallest absolute Gasteiger partial charge is 0.248 e. The van der Waals surface area contributed by atoms with Crippen LogP contribution in [0.4, 0.5) is 0 Å². The molecule has 0 saturated carbocycles. The maximum Gasteiger partial charge on any atom is 0.338 e. The second-order valence-corrected chi connectivity index (χ2v) is 2.85. The van der Waals surface area contributed by atoms with Gasteiger partial charge in [0.05, 0.1) is 0 Å². The first-order valence-electron chi connectivity index (χ1n) is 3.11. The summed E-state index contributed by atoms with van der Waals surface area (Å²) in [5.74, 6) is 0. The summed E-state index contributed by atoms with van der Waals surface area (Å²) < 4.78 is 2.50. The van der Waals surface area contributed by atoms with Gasteiger partial charge in [-0.15, -0.1) is 0 Å². The van der Waals surface area contributed by atoms with Crippen molar-refractivity contribution < 1.29 is 0 Å². The topological polar surface area (TPSA) is 66.0 Å². The van der Waals surface area contributed by atoms with E-state index in [-0.39, 0.29) is 0 Å². The number of nitrogens with zero attached hydrogens (tertiary/aromatic N) is 3. The van der Waals surface area contributed by atoms with Gasteiger partial charge in [0, 0.05) is 14.1 Å². The molecule has 0 aliphatic carbocycles. The molecule has 0 N–H and O–H groups in total. The van der Waals surface area contributed by atoms with Crippen LogP contribution in [0.25, 0.3) is 0 Å². The van der Waals surface area contributed by atoms with Crippen molar-refractivity contribution in [1.82, 2.24) is 13.5 Å². The Kier molecular flexibility index (Phi) is 2.02. The first-order chi connectivity index (χ1) is 5.46. The second-order valence-electron chi connectivity index (χ2n) is 2.34. The van der Waals surface area contributed by atoms with Crippen LogP contribution in [0.5, 0.6) is 0 Å². The summed E-state index contributed by atoms with van der Waals surface area (Å²) in [6.45, 7) is 0. The molecule has 1 unspecified atom stereocenters. The molecule has 0 amide bonds. The van der Waals surface area contributed by atoms with Crippen LogP contribution in [0, 0.1) is 0 Å². The molecule has 0 bridgehead atoms. The molecule has 0 aromatic carbocycles. The molecule has 0 aliphatic rings. The molecule has 1 atom stereocenters. The summed E-state index contributed by atoms with van der Waals surface area (Å²) >= 11 is 0. The van der Waals surface area contributed by atoms with E-state index in [1.165, 1.54) is 14.1 Å². The Morgan fingerprint density at radius 3 is 1.58 bits per heavy atom. The highest BCUT2D eigenvalue weighted by atomic mass is 31.0. The Bertz CT molecular complexity index is 378. The van der Waals surface area contributed by atoms with Crippen LogP contribution in [0.3, 0.4) is 0 Å². The average Bonchev–Trinajstić information content (AvgIpc) is 2.08. The van der Waals surface area contributed by atoms with Crippen molar-refractivity contribution >= 4 is 9.39 Å². The fourth-order valence-electron chi connectivity index (χ4n) is 0.794. The van der Waals surface area contributed by atoms with Crippen molar-refractivity contribution in [3.63, 3.8) is 0 Å². The van der Waals surface area contributed by atoms with Crippen molar-refractivity contribution in [2.45, 2.75) is 0 Å². The molecule has 66 valence electrons. The quantitative estimate of drug-likeness (QED) is 0.438. The molecule has 7 heteroatoms. The van der Waals surface area contributed by atoms with E-state index in [1.807, 2.05) is 9.39 Å². The van der Waals surface area contributed by atoms with Crippen molar-refractivity contribution in [2.24, 2.45) is 14.1 Å². The monoisotopic (exact) mass is 189 g/mol. The van der Waals surface area contributed by atoms with E-state index in [0.717, 1.165) is 13.5 Å². The van der Waals surface area contributed by atoms with Crippen LogP contribution < -0.4 is 17.1 Å². The standard InChI is InChI=1S/C5H8N3O3P/c1-6-3(9)7(2)5(11)8(12)4(6)10/h12H2,1-2H3. The van der Waals surface area contributed by atoms with Crippen LogP contribution in [-0.4, -0.2) is 13.5 Å². The van der Waals surface area contributed by atoms with Crippen molar-refractivity contribution in [1.29, 1.82) is 0 Å². The Hall–Kier alpha value is -1.16. The lowest BCUT2D eigenvalue weighted by Crippen LogP contribution is -2.50. The first-order valence-corrected chi connectivity index (χ1v) is 3.62. The Morgan fingerprint density at radius 1 is 0.917 bits per heavy atom. The maximum absolute atomic E-state index is 11.1. The average molecular weight is 189 g/mol. The zero-order valence-electron chi connectivity index (χ0n) is 6.64. The number of hydrogen-bond acceptors (Lipinski definition) is 3. The third-order valence-electron chi connectivity index (χ3n) is 1.56. The summed E-state index contributed by atoms with van der Waals surface area (Å²) in [6.07, 6.45) is 0. The van der Waals surface area contributed by atoms with Crippen molar-refractivity contribution in [3.05, 3.63) is 31.5 Å². The molecule has 0 spiro atoms. The molecular weight excluding hydrogens is 181 g/mol. The fraction of sp³-hybridized carbons (Fsp3) is 0.400. The third-order valence-corrected chi connectivity index (χ3v) is 2.00. The number of aromatic nitrogens is 3. The normalized spacial score (nSPS) is 10.2. The van der Waals surface area contributed by atoms with Gasteiger partial charge in [-0.3, -0.25) is 0 Å². The largest absolute Gasteiger partial charge is 0.338 e. The molecular formula is C5H8N3O3P. The van der Waals surface area contributed by atoms with E-state index in [2.05, 4.69) is 0 Å². The van der Waals surface area contributed by atoms with Crippen molar-refractivity contribution in [2.75, 3.05) is 0 Å². The SMILES string of the molecule is Cn1c(=O)n(C)c(=O)n(P)c1=O. The molecule has 6 nitrogen and oxygen atoms in total. The van der Waals surface area contributed by atoms with E-state index in [4.69, 9.17) is 0 Å². The minimum Gasteiger partial charge on any atom is -0.248 e. The van der Waals surface area contributed by atoms with Crippen molar-refractivity contribution in [3.8, 4) is 0 Å². The van der Waals surface area contributed by atoms with E-state index >= 15 is 0 Å². The van der Waals surface area contributed by atoms with Gasteiger partial charge in [0.2, 0.25) is 0 Å². The van der Waals surface area contributed by atoms with Gasteiger partial charge in [-0.25, -0.2) is 27.9 Å².